The Bertz CT molecular complexity index is 1200. The topological polar surface area (TPSA) is 119 Å². The van der Waals surface area contributed by atoms with Gasteiger partial charge in [-0.2, -0.15) is 5.10 Å². The van der Waals surface area contributed by atoms with Crippen molar-refractivity contribution in [2.45, 2.75) is 33.4 Å². The van der Waals surface area contributed by atoms with Crippen molar-refractivity contribution in [2.24, 2.45) is 11.1 Å². The number of halogens is 2. The first-order chi connectivity index (χ1) is 15.5. The number of para-hydroxylation sites is 1. The number of hydrogen-bond donors (Lipinski definition) is 3. The van der Waals surface area contributed by atoms with E-state index in [0.717, 1.165) is 0 Å². The van der Waals surface area contributed by atoms with Crippen molar-refractivity contribution in [3.05, 3.63) is 65.4 Å². The lowest BCUT2D eigenvalue weighted by Crippen LogP contribution is -2.55. The number of nitrogens with one attached hydrogen (secondary N) is 2. The van der Waals surface area contributed by atoms with Gasteiger partial charge in [0.1, 0.15) is 23.2 Å². The zero-order valence-electron chi connectivity index (χ0n) is 18.5. The van der Waals surface area contributed by atoms with E-state index in [0.29, 0.717) is 5.56 Å². The summed E-state index contributed by atoms with van der Waals surface area (Å²) in [6, 6.07) is 8.79. The van der Waals surface area contributed by atoms with Gasteiger partial charge in [-0.25, -0.2) is 8.78 Å². The number of imide groups is 1. The number of benzene rings is 2. The van der Waals surface area contributed by atoms with Crippen LogP contribution in [0.3, 0.4) is 0 Å². The minimum Gasteiger partial charge on any atom is -0.338 e. The van der Waals surface area contributed by atoms with Gasteiger partial charge in [-0.15, -0.1) is 0 Å². The average Bonchev–Trinajstić information content (AvgIpc) is 3.12. The molecule has 0 fully saturated rings. The predicted octanol–water partition coefficient (Wildman–Crippen LogP) is 2.11. The van der Waals surface area contributed by atoms with Crippen molar-refractivity contribution < 1.29 is 23.2 Å². The molecule has 0 spiro atoms. The minimum absolute atomic E-state index is 0.0844. The lowest BCUT2D eigenvalue weighted by atomic mass is 9.86. The summed E-state index contributed by atoms with van der Waals surface area (Å²) < 4.78 is 29.2. The van der Waals surface area contributed by atoms with Gasteiger partial charge in [0, 0.05) is 5.39 Å². The van der Waals surface area contributed by atoms with Crippen molar-refractivity contribution in [1.82, 2.24) is 20.4 Å². The molecule has 174 valence electrons. The number of fused-ring (bicyclic) bond motifs is 1. The highest BCUT2D eigenvalue weighted by Crippen LogP contribution is 2.25. The lowest BCUT2D eigenvalue weighted by molar-refractivity contribution is -0.132. The van der Waals surface area contributed by atoms with Gasteiger partial charge in [0.25, 0.3) is 5.91 Å². The first kappa shape index (κ1) is 24.0. The van der Waals surface area contributed by atoms with Gasteiger partial charge in [0.15, 0.2) is 5.69 Å². The fourth-order valence-electron chi connectivity index (χ4n) is 3.37. The molecule has 3 amide bonds. The highest BCUT2D eigenvalue weighted by molar-refractivity contribution is 6.07. The van der Waals surface area contributed by atoms with E-state index in [9.17, 15) is 23.2 Å². The summed E-state index contributed by atoms with van der Waals surface area (Å²) in [6.45, 7) is 4.87. The fraction of sp³-hybridized carbons (Fsp3) is 0.304. The van der Waals surface area contributed by atoms with Gasteiger partial charge in [-0.1, -0.05) is 45.0 Å². The second-order valence-electron chi connectivity index (χ2n) is 8.66. The summed E-state index contributed by atoms with van der Waals surface area (Å²) in [5.41, 5.74) is 5.16. The SMILES string of the molecule is CC(C)(C)C(NC(=O)c1nn(Cc2ccc(F)cc2)c2c(F)cccc12)C(=O)NC(=O)CN. The van der Waals surface area contributed by atoms with Crippen molar-refractivity contribution in [1.29, 1.82) is 0 Å². The number of aromatic nitrogens is 2. The quantitative estimate of drug-likeness (QED) is 0.524. The van der Waals surface area contributed by atoms with Crippen LogP contribution >= 0.6 is 0 Å². The van der Waals surface area contributed by atoms with Crippen molar-refractivity contribution in [3.63, 3.8) is 0 Å². The highest BCUT2D eigenvalue weighted by atomic mass is 19.1. The molecule has 0 saturated carbocycles. The number of amides is 3. The monoisotopic (exact) mass is 457 g/mol. The number of carbonyl (C=O) groups is 3. The van der Waals surface area contributed by atoms with Gasteiger partial charge < -0.3 is 11.1 Å². The van der Waals surface area contributed by atoms with Crippen molar-refractivity contribution in [3.8, 4) is 0 Å². The number of nitrogens with zero attached hydrogens (tertiary/aromatic N) is 2. The second kappa shape index (κ2) is 9.45. The molecule has 10 heteroatoms. The summed E-state index contributed by atoms with van der Waals surface area (Å²) in [6.07, 6.45) is 0. The van der Waals surface area contributed by atoms with Gasteiger partial charge in [0.2, 0.25) is 11.8 Å². The van der Waals surface area contributed by atoms with E-state index in [4.69, 9.17) is 5.73 Å². The summed E-state index contributed by atoms with van der Waals surface area (Å²) in [5, 5.41) is 9.30. The van der Waals surface area contributed by atoms with Gasteiger partial charge in [-0.05, 0) is 29.2 Å². The summed E-state index contributed by atoms with van der Waals surface area (Å²) in [5.74, 6) is -3.10. The van der Waals surface area contributed by atoms with Crippen LogP contribution in [0, 0.1) is 17.0 Å². The Hall–Kier alpha value is -3.66. The molecule has 0 bridgehead atoms. The van der Waals surface area contributed by atoms with E-state index in [1.165, 1.54) is 41.1 Å². The molecule has 1 atom stereocenters. The number of carbonyl (C=O) groups excluding carboxylic acids is 3. The van der Waals surface area contributed by atoms with Crippen LogP contribution in [-0.2, 0) is 16.1 Å². The molecule has 1 unspecified atom stereocenters. The molecule has 3 rings (SSSR count). The molecule has 33 heavy (non-hydrogen) atoms. The Morgan fingerprint density at radius 3 is 2.36 bits per heavy atom. The number of rotatable bonds is 6. The van der Waals surface area contributed by atoms with Crippen LogP contribution in [0.4, 0.5) is 8.78 Å². The highest BCUT2D eigenvalue weighted by Gasteiger charge is 2.35. The Kier molecular flexibility index (Phi) is 6.87. The van der Waals surface area contributed by atoms with Crippen molar-refractivity contribution >= 4 is 28.6 Å². The van der Waals surface area contributed by atoms with Crippen LogP contribution in [0.15, 0.2) is 42.5 Å². The first-order valence-corrected chi connectivity index (χ1v) is 10.3. The molecule has 3 aromatic rings. The standard InChI is InChI=1S/C23H25F2N5O3/c1-23(2,3)20(22(33)27-17(31)11-26)28-21(32)18-15-5-4-6-16(25)19(15)30(29-18)12-13-7-9-14(24)10-8-13/h4-10,20H,11-12,26H2,1-3H3,(H,28,32)(H,27,31,33). The summed E-state index contributed by atoms with van der Waals surface area (Å²) >= 11 is 0. The molecule has 8 nitrogen and oxygen atoms in total. The number of hydrogen-bond acceptors (Lipinski definition) is 5. The van der Waals surface area contributed by atoms with Crippen molar-refractivity contribution in [2.75, 3.05) is 6.54 Å². The van der Waals surface area contributed by atoms with Crippen LogP contribution < -0.4 is 16.4 Å². The Morgan fingerprint density at radius 1 is 1.09 bits per heavy atom. The molecule has 1 heterocycles. The zero-order chi connectivity index (χ0) is 24.3. The van der Waals surface area contributed by atoms with Gasteiger partial charge in [0.05, 0.1) is 13.1 Å². The Balaban J connectivity index is 1.97. The molecule has 0 saturated heterocycles. The van der Waals surface area contributed by atoms with Crippen LogP contribution in [0.25, 0.3) is 10.9 Å². The fourth-order valence-corrected chi connectivity index (χ4v) is 3.37. The normalized spacial score (nSPS) is 12.4. The lowest BCUT2D eigenvalue weighted by Gasteiger charge is -2.29. The van der Waals surface area contributed by atoms with Gasteiger partial charge in [-0.3, -0.25) is 24.4 Å². The van der Waals surface area contributed by atoms with Gasteiger partial charge >= 0.3 is 0 Å². The molecule has 2 aromatic carbocycles. The summed E-state index contributed by atoms with van der Waals surface area (Å²) in [4.78, 5) is 37.3. The molecule has 0 aliphatic carbocycles. The smallest absolute Gasteiger partial charge is 0.273 e. The van der Waals surface area contributed by atoms with E-state index in [2.05, 4.69) is 15.7 Å². The molecule has 4 N–H and O–H groups in total. The van der Waals surface area contributed by atoms with E-state index >= 15 is 0 Å². The molecule has 0 aliphatic heterocycles. The maximum atomic E-state index is 14.7. The predicted molar refractivity (Wildman–Crippen MR) is 118 cm³/mol. The molecule has 0 radical (unpaired) electrons. The third-order valence-corrected chi connectivity index (χ3v) is 5.03. The van der Waals surface area contributed by atoms with E-state index in [1.807, 2.05) is 0 Å². The minimum atomic E-state index is -1.09. The zero-order valence-corrected chi connectivity index (χ0v) is 18.5. The van der Waals surface area contributed by atoms with Crippen LogP contribution in [0.5, 0.6) is 0 Å². The second-order valence-corrected chi connectivity index (χ2v) is 8.66. The molecular weight excluding hydrogens is 432 g/mol. The Morgan fingerprint density at radius 2 is 1.76 bits per heavy atom. The van der Waals surface area contributed by atoms with E-state index in [1.54, 1.807) is 26.8 Å². The largest absolute Gasteiger partial charge is 0.338 e. The number of nitrogens with two attached hydrogens (primary N) is 1. The maximum Gasteiger partial charge on any atom is 0.273 e. The Labute approximate surface area is 189 Å². The average molecular weight is 457 g/mol. The van der Waals surface area contributed by atoms with E-state index in [-0.39, 0.29) is 29.7 Å². The molecule has 0 aliphatic rings. The molecule has 1 aromatic heterocycles. The summed E-state index contributed by atoms with van der Waals surface area (Å²) in [7, 11) is 0. The third kappa shape index (κ3) is 5.40. The molecular formula is C23H25F2N5O3. The third-order valence-electron chi connectivity index (χ3n) is 5.03. The van der Waals surface area contributed by atoms with Crippen LogP contribution in [0.2, 0.25) is 0 Å². The van der Waals surface area contributed by atoms with E-state index < -0.39 is 40.8 Å². The maximum absolute atomic E-state index is 14.7. The van der Waals surface area contributed by atoms with Crippen LogP contribution in [0.1, 0.15) is 36.8 Å². The van der Waals surface area contributed by atoms with Crippen LogP contribution in [-0.4, -0.2) is 40.1 Å². The first-order valence-electron chi connectivity index (χ1n) is 10.3.